The largest absolute Gasteiger partial charge is 0.493 e. The Kier molecular flexibility index (Phi) is 12.2. The molecule has 64 heavy (non-hydrogen) atoms. The summed E-state index contributed by atoms with van der Waals surface area (Å²) in [4.78, 5) is 39.5. The van der Waals surface area contributed by atoms with Gasteiger partial charge >= 0.3 is 0 Å². The van der Waals surface area contributed by atoms with Gasteiger partial charge in [-0.1, -0.05) is 43.2 Å². The normalized spacial score (nSPS) is 19.5. The Labute approximate surface area is 377 Å². The van der Waals surface area contributed by atoms with Crippen LogP contribution in [0.1, 0.15) is 61.0 Å². The second kappa shape index (κ2) is 17.8. The Morgan fingerprint density at radius 1 is 1.06 bits per heavy atom. The third kappa shape index (κ3) is 9.61. The van der Waals surface area contributed by atoms with Gasteiger partial charge in [0.1, 0.15) is 22.9 Å². The first kappa shape index (κ1) is 43.7. The number of nitro benzene ring substituents is 1. The molecule has 9 rings (SSSR count). The molecule has 0 radical (unpaired) electrons. The van der Waals surface area contributed by atoms with E-state index in [1.807, 2.05) is 18.2 Å². The number of β-amino-alcohol motifs (C(OH)–C–C–N with tert-alkyl or cyclic N) is 1. The molecular formula is C47H52ClN7O8S. The molecular weight excluding hydrogens is 858 g/mol. The van der Waals surface area contributed by atoms with Crippen molar-refractivity contribution in [3.63, 3.8) is 0 Å². The number of sulfonamides is 1. The number of nitrogens with zero attached hydrogens (tertiary/aromatic N) is 5. The quantitative estimate of drug-likeness (QED) is 0.0786. The van der Waals surface area contributed by atoms with Gasteiger partial charge in [-0.25, -0.2) is 18.1 Å². The van der Waals surface area contributed by atoms with E-state index in [4.69, 9.17) is 21.1 Å². The zero-order chi connectivity index (χ0) is 44.8. The summed E-state index contributed by atoms with van der Waals surface area (Å²) in [5.41, 5.74) is 5.64. The minimum atomic E-state index is -4.64. The van der Waals surface area contributed by atoms with E-state index in [2.05, 4.69) is 55.4 Å². The van der Waals surface area contributed by atoms with Crippen LogP contribution >= 0.6 is 11.6 Å². The third-order valence-corrected chi connectivity index (χ3v) is 14.6. The van der Waals surface area contributed by atoms with Crippen LogP contribution in [0.15, 0.2) is 89.6 Å². The first-order chi connectivity index (χ1) is 30.7. The number of ether oxygens (including phenoxy) is 2. The van der Waals surface area contributed by atoms with E-state index in [-0.39, 0.29) is 41.1 Å². The fraction of sp³-hybridized carbons (Fsp3) is 0.404. The number of piperazine rings is 1. The third-order valence-electron chi connectivity index (χ3n) is 13.0. The molecule has 0 saturated carbocycles. The van der Waals surface area contributed by atoms with Crippen LogP contribution in [-0.4, -0.2) is 109 Å². The molecule has 15 nitrogen and oxygen atoms in total. The maximum absolute atomic E-state index is 14.0. The predicted octanol–water partition coefficient (Wildman–Crippen LogP) is 7.44. The number of carbonyl (C=O) groups excluding carboxylic acids is 1. The van der Waals surface area contributed by atoms with E-state index in [1.54, 1.807) is 24.4 Å². The summed E-state index contributed by atoms with van der Waals surface area (Å²) in [6, 6.07) is 19.0. The van der Waals surface area contributed by atoms with Gasteiger partial charge in [-0.15, -0.1) is 0 Å². The van der Waals surface area contributed by atoms with Gasteiger partial charge in [-0.2, -0.15) is 0 Å². The maximum Gasteiger partial charge on any atom is 0.277 e. The van der Waals surface area contributed by atoms with Gasteiger partial charge in [0.2, 0.25) is 0 Å². The number of allylic oxidation sites excluding steroid dienone is 1. The molecule has 4 aliphatic rings. The summed E-state index contributed by atoms with van der Waals surface area (Å²) in [5, 5.41) is 23.4. The summed E-state index contributed by atoms with van der Waals surface area (Å²) < 4.78 is 42.2. The summed E-state index contributed by atoms with van der Waals surface area (Å²) in [7, 11) is -4.64. The first-order valence-electron chi connectivity index (χ1n) is 21.8. The molecule has 1 amide bonds. The molecule has 3 aliphatic heterocycles. The standard InChI is InChI=1S/C47H52ClN7O8S/c1-47(2)12-9-33(41(24-47)31-3-5-34(48)6-4-31)26-52-15-17-54(18-16-52)35-7-8-39(44(21-35)63-37-20-32-10-13-49-45(32)50-25-37)46(57)51-64(60,61)38-22-42(55(58)59)40-19-30(29-62-43(40)23-38)11-14-53-27-36(56)28-53/h3-8,10,13,20-23,25,30,36,56H,9,11-12,14-19,24,26-29H2,1-2H3,(H,49,50)(H,51,57)/t30-/m1/s1. The zero-order valence-corrected chi connectivity index (χ0v) is 37.5. The number of aliphatic hydroxyl groups excluding tert-OH is 1. The summed E-state index contributed by atoms with van der Waals surface area (Å²) in [6.07, 6.45) is 7.17. The Morgan fingerprint density at radius 3 is 2.59 bits per heavy atom. The molecule has 1 atom stereocenters. The molecule has 2 fully saturated rings. The van der Waals surface area contributed by atoms with Gasteiger partial charge in [0, 0.05) is 86.3 Å². The van der Waals surface area contributed by atoms with Crippen molar-refractivity contribution >= 4 is 55.5 Å². The number of nitro groups is 1. The molecule has 0 unspecified atom stereocenters. The number of hydrogen-bond donors (Lipinski definition) is 3. The smallest absolute Gasteiger partial charge is 0.277 e. The van der Waals surface area contributed by atoms with Crippen LogP contribution in [0.5, 0.6) is 17.2 Å². The number of carbonyl (C=O) groups is 1. The number of benzene rings is 3. The molecule has 3 aromatic carbocycles. The average Bonchev–Trinajstić information content (AvgIpc) is 3.73. The Balaban J connectivity index is 0.931. The Morgan fingerprint density at radius 2 is 1.84 bits per heavy atom. The number of likely N-dealkylation sites (tertiary alicyclic amines) is 1. The van der Waals surface area contributed by atoms with Crippen LogP contribution in [-0.2, 0) is 16.4 Å². The molecule has 2 saturated heterocycles. The molecule has 17 heteroatoms. The lowest BCUT2D eigenvalue weighted by Crippen LogP contribution is -2.51. The van der Waals surface area contributed by atoms with E-state index < -0.39 is 31.4 Å². The molecule has 5 aromatic rings. The monoisotopic (exact) mass is 909 g/mol. The van der Waals surface area contributed by atoms with Crippen LogP contribution < -0.4 is 19.1 Å². The molecule has 2 aromatic heterocycles. The summed E-state index contributed by atoms with van der Waals surface area (Å²) in [6.45, 7) is 10.8. The molecule has 3 N–H and O–H groups in total. The highest BCUT2D eigenvalue weighted by atomic mass is 35.5. The number of fused-ring (bicyclic) bond motifs is 2. The van der Waals surface area contributed by atoms with Crippen LogP contribution in [0.4, 0.5) is 11.4 Å². The number of aromatic amines is 1. The lowest BCUT2D eigenvalue weighted by atomic mass is 9.72. The molecule has 5 heterocycles. The first-order valence-corrected chi connectivity index (χ1v) is 23.6. The maximum atomic E-state index is 14.0. The van der Waals surface area contributed by atoms with E-state index in [0.717, 1.165) is 67.6 Å². The number of pyridine rings is 1. The predicted molar refractivity (Wildman–Crippen MR) is 245 cm³/mol. The number of aromatic nitrogens is 2. The van der Waals surface area contributed by atoms with Crippen molar-refractivity contribution in [2.24, 2.45) is 11.3 Å². The van der Waals surface area contributed by atoms with Crippen molar-refractivity contribution < 1.29 is 32.7 Å². The number of amides is 1. The number of anilines is 1. The molecule has 336 valence electrons. The van der Waals surface area contributed by atoms with Crippen LogP contribution in [0.25, 0.3) is 16.6 Å². The van der Waals surface area contributed by atoms with Crippen LogP contribution in [0.3, 0.4) is 0 Å². The van der Waals surface area contributed by atoms with Gasteiger partial charge < -0.3 is 24.5 Å². The number of rotatable bonds is 13. The lowest BCUT2D eigenvalue weighted by Gasteiger charge is -2.39. The van der Waals surface area contributed by atoms with Crippen molar-refractivity contribution in [3.8, 4) is 17.2 Å². The highest BCUT2D eigenvalue weighted by Crippen LogP contribution is 2.44. The van der Waals surface area contributed by atoms with E-state index in [1.165, 1.54) is 35.0 Å². The molecule has 0 spiro atoms. The van der Waals surface area contributed by atoms with E-state index >= 15 is 0 Å². The van der Waals surface area contributed by atoms with Gasteiger partial charge in [0.05, 0.1) is 39.9 Å². The highest BCUT2D eigenvalue weighted by Gasteiger charge is 2.34. The number of hydrogen-bond acceptors (Lipinski definition) is 12. The van der Waals surface area contributed by atoms with Gasteiger partial charge in [-0.05, 0) is 97.5 Å². The number of nitrogens with one attached hydrogen (secondary N) is 2. The summed E-state index contributed by atoms with van der Waals surface area (Å²) >= 11 is 6.25. The Bertz CT molecular complexity index is 2730. The fourth-order valence-corrected chi connectivity index (χ4v) is 10.4. The zero-order valence-electron chi connectivity index (χ0n) is 35.9. The van der Waals surface area contributed by atoms with Crippen molar-refractivity contribution in [1.29, 1.82) is 0 Å². The Hall–Kier alpha value is -5.52. The van der Waals surface area contributed by atoms with Crippen molar-refractivity contribution in [2.45, 2.75) is 57.0 Å². The minimum absolute atomic E-state index is 0.0227. The summed E-state index contributed by atoms with van der Waals surface area (Å²) in [5.74, 6) is -0.439. The average molecular weight is 910 g/mol. The number of H-pyrrole nitrogens is 1. The number of halogens is 1. The minimum Gasteiger partial charge on any atom is -0.493 e. The van der Waals surface area contributed by atoms with Gasteiger partial charge in [0.15, 0.2) is 0 Å². The van der Waals surface area contributed by atoms with Crippen LogP contribution in [0.2, 0.25) is 5.02 Å². The topological polar surface area (TPSA) is 183 Å². The fourth-order valence-electron chi connectivity index (χ4n) is 9.31. The van der Waals surface area contributed by atoms with Crippen molar-refractivity contribution in [3.05, 3.63) is 117 Å². The van der Waals surface area contributed by atoms with Crippen molar-refractivity contribution in [1.82, 2.24) is 24.5 Å². The van der Waals surface area contributed by atoms with Crippen molar-refractivity contribution in [2.75, 3.05) is 63.9 Å². The highest BCUT2D eigenvalue weighted by molar-refractivity contribution is 7.90. The lowest BCUT2D eigenvalue weighted by molar-refractivity contribution is -0.386. The molecule has 0 bridgehead atoms. The SMILES string of the molecule is CC1(C)CCC(CN2CCN(c3ccc(C(=O)NS(=O)(=O)c4cc5c(c([N+](=O)[O-])c4)C[C@@H](CCN4CC(O)C4)CO5)c(Oc4cnc5[nH]ccc5c4)c3)CC2)=C(c2ccc(Cl)cc2)C1. The number of aliphatic hydroxyl groups is 1. The van der Waals surface area contributed by atoms with Gasteiger partial charge in [-0.3, -0.25) is 24.7 Å². The molecule has 1 aliphatic carbocycles. The van der Waals surface area contributed by atoms with E-state index in [0.29, 0.717) is 56.0 Å². The van der Waals surface area contributed by atoms with Gasteiger partial charge in [0.25, 0.3) is 21.6 Å². The van der Waals surface area contributed by atoms with Crippen LogP contribution in [0, 0.1) is 21.4 Å². The second-order valence-corrected chi connectivity index (χ2v) is 20.4. The second-order valence-electron chi connectivity index (χ2n) is 18.3. The van der Waals surface area contributed by atoms with E-state index in [9.17, 15) is 28.4 Å².